The molecule has 8 heteroatoms. The Bertz CT molecular complexity index is 807. The SMILES string of the molecule is Cc1cc(C)n(-c2ccccc2CNC(=O)Cn2cnnn2)n1. The zero-order valence-electron chi connectivity index (χ0n) is 13.0. The normalized spacial score (nSPS) is 10.7. The Hall–Kier alpha value is -3.03. The van der Waals surface area contributed by atoms with Crippen LogP contribution < -0.4 is 5.32 Å². The molecule has 3 aromatic rings. The van der Waals surface area contributed by atoms with Gasteiger partial charge in [0.25, 0.3) is 0 Å². The monoisotopic (exact) mass is 311 g/mol. The van der Waals surface area contributed by atoms with Crippen LogP contribution in [0.15, 0.2) is 36.7 Å². The predicted octanol–water partition coefficient (Wildman–Crippen LogP) is 0.792. The second-order valence-corrected chi connectivity index (χ2v) is 5.25. The van der Waals surface area contributed by atoms with Crippen LogP contribution in [-0.2, 0) is 17.9 Å². The Morgan fingerprint density at radius 1 is 1.26 bits per heavy atom. The number of nitrogens with one attached hydrogen (secondary N) is 1. The van der Waals surface area contributed by atoms with Crippen molar-refractivity contribution >= 4 is 5.91 Å². The van der Waals surface area contributed by atoms with E-state index in [0.717, 1.165) is 22.6 Å². The van der Waals surface area contributed by atoms with Crippen molar-refractivity contribution in [2.24, 2.45) is 0 Å². The molecular formula is C15H17N7O. The van der Waals surface area contributed by atoms with E-state index in [1.807, 2.05) is 48.9 Å². The van der Waals surface area contributed by atoms with E-state index in [1.165, 1.54) is 11.0 Å². The van der Waals surface area contributed by atoms with Gasteiger partial charge in [0.2, 0.25) is 5.91 Å². The number of amides is 1. The number of hydrogen-bond acceptors (Lipinski definition) is 5. The topological polar surface area (TPSA) is 90.5 Å². The summed E-state index contributed by atoms with van der Waals surface area (Å²) < 4.78 is 3.26. The number of aryl methyl sites for hydroxylation is 2. The Balaban J connectivity index is 1.73. The maximum atomic E-state index is 12.0. The van der Waals surface area contributed by atoms with Crippen molar-refractivity contribution in [3.63, 3.8) is 0 Å². The number of benzene rings is 1. The van der Waals surface area contributed by atoms with Gasteiger partial charge in [-0.05, 0) is 42.0 Å². The molecule has 0 fully saturated rings. The van der Waals surface area contributed by atoms with Crippen LogP contribution in [0.1, 0.15) is 17.0 Å². The van der Waals surface area contributed by atoms with Crippen LogP contribution >= 0.6 is 0 Å². The number of rotatable bonds is 5. The van der Waals surface area contributed by atoms with Crippen LogP contribution in [-0.4, -0.2) is 35.9 Å². The van der Waals surface area contributed by atoms with Gasteiger partial charge in [0.05, 0.1) is 11.4 Å². The molecule has 0 saturated heterocycles. The molecule has 2 aromatic heterocycles. The van der Waals surface area contributed by atoms with Gasteiger partial charge in [-0.1, -0.05) is 18.2 Å². The van der Waals surface area contributed by atoms with Crippen molar-refractivity contribution < 1.29 is 4.79 Å². The molecule has 0 atom stereocenters. The number of nitrogens with zero attached hydrogens (tertiary/aromatic N) is 6. The lowest BCUT2D eigenvalue weighted by atomic mass is 10.1. The summed E-state index contributed by atoms with van der Waals surface area (Å²) in [6.07, 6.45) is 1.41. The molecule has 0 aliphatic heterocycles. The molecule has 0 radical (unpaired) electrons. The fraction of sp³-hybridized carbons (Fsp3) is 0.267. The molecule has 1 amide bonds. The summed E-state index contributed by atoms with van der Waals surface area (Å²) in [5, 5.41) is 18.1. The minimum Gasteiger partial charge on any atom is -0.350 e. The highest BCUT2D eigenvalue weighted by molar-refractivity contribution is 5.75. The van der Waals surface area contributed by atoms with Crippen LogP contribution in [0, 0.1) is 13.8 Å². The van der Waals surface area contributed by atoms with Crippen LogP contribution in [0.25, 0.3) is 5.69 Å². The van der Waals surface area contributed by atoms with Gasteiger partial charge in [-0.15, -0.1) is 5.10 Å². The van der Waals surface area contributed by atoms with E-state index in [-0.39, 0.29) is 12.5 Å². The smallest absolute Gasteiger partial charge is 0.242 e. The molecule has 118 valence electrons. The Morgan fingerprint density at radius 2 is 2.09 bits per heavy atom. The van der Waals surface area contributed by atoms with Crippen LogP contribution in [0.3, 0.4) is 0 Å². The maximum absolute atomic E-state index is 12.0. The average molecular weight is 311 g/mol. The molecule has 0 unspecified atom stereocenters. The van der Waals surface area contributed by atoms with Gasteiger partial charge in [0.15, 0.2) is 0 Å². The Kier molecular flexibility index (Phi) is 4.13. The van der Waals surface area contributed by atoms with Crippen molar-refractivity contribution in [3.05, 3.63) is 53.6 Å². The van der Waals surface area contributed by atoms with Gasteiger partial charge < -0.3 is 5.32 Å². The van der Waals surface area contributed by atoms with E-state index in [9.17, 15) is 4.79 Å². The highest BCUT2D eigenvalue weighted by Gasteiger charge is 2.10. The van der Waals surface area contributed by atoms with Gasteiger partial charge in [-0.2, -0.15) is 5.10 Å². The van der Waals surface area contributed by atoms with E-state index >= 15 is 0 Å². The van der Waals surface area contributed by atoms with Crippen molar-refractivity contribution in [1.29, 1.82) is 0 Å². The molecule has 8 nitrogen and oxygen atoms in total. The second-order valence-electron chi connectivity index (χ2n) is 5.25. The summed E-state index contributed by atoms with van der Waals surface area (Å²) in [6.45, 7) is 4.47. The zero-order chi connectivity index (χ0) is 16.2. The molecule has 0 saturated carbocycles. The van der Waals surface area contributed by atoms with E-state index < -0.39 is 0 Å². The number of aromatic nitrogens is 6. The van der Waals surface area contributed by atoms with E-state index in [1.54, 1.807) is 0 Å². The van der Waals surface area contributed by atoms with Gasteiger partial charge >= 0.3 is 0 Å². The average Bonchev–Trinajstić information content (AvgIpc) is 3.15. The summed E-state index contributed by atoms with van der Waals surface area (Å²) in [6, 6.07) is 9.88. The van der Waals surface area contributed by atoms with Crippen LogP contribution in [0.4, 0.5) is 0 Å². The molecule has 3 rings (SSSR count). The summed E-state index contributed by atoms with van der Waals surface area (Å²) in [5.41, 5.74) is 3.96. The first-order chi connectivity index (χ1) is 11.1. The Labute approximate surface area is 133 Å². The predicted molar refractivity (Wildman–Crippen MR) is 82.7 cm³/mol. The van der Waals surface area contributed by atoms with Crippen molar-refractivity contribution in [3.8, 4) is 5.69 Å². The summed E-state index contributed by atoms with van der Waals surface area (Å²) in [4.78, 5) is 12.0. The highest BCUT2D eigenvalue weighted by atomic mass is 16.2. The summed E-state index contributed by atoms with van der Waals surface area (Å²) in [7, 11) is 0. The second kappa shape index (κ2) is 6.39. The molecule has 1 N–H and O–H groups in total. The Morgan fingerprint density at radius 3 is 2.78 bits per heavy atom. The summed E-state index contributed by atoms with van der Waals surface area (Å²) in [5.74, 6) is -0.152. The minimum absolute atomic E-state index is 0.0923. The molecule has 2 heterocycles. The van der Waals surface area contributed by atoms with Gasteiger partial charge in [0.1, 0.15) is 12.9 Å². The van der Waals surface area contributed by atoms with E-state index in [2.05, 4.69) is 25.9 Å². The minimum atomic E-state index is -0.152. The van der Waals surface area contributed by atoms with Gasteiger partial charge in [-0.3, -0.25) is 4.79 Å². The molecule has 0 aliphatic carbocycles. The molecule has 0 spiro atoms. The fourth-order valence-corrected chi connectivity index (χ4v) is 2.39. The van der Waals surface area contributed by atoms with Crippen molar-refractivity contribution in [1.82, 2.24) is 35.3 Å². The zero-order valence-corrected chi connectivity index (χ0v) is 13.0. The lowest BCUT2D eigenvalue weighted by Crippen LogP contribution is -2.27. The lowest BCUT2D eigenvalue weighted by molar-refractivity contribution is -0.122. The van der Waals surface area contributed by atoms with E-state index in [0.29, 0.717) is 6.54 Å². The first-order valence-corrected chi connectivity index (χ1v) is 7.22. The third-order valence-corrected chi connectivity index (χ3v) is 3.40. The standard InChI is InChI=1S/C15H17N7O/c1-11-7-12(2)22(18-11)14-6-4-3-5-13(14)8-16-15(23)9-21-10-17-19-20-21/h3-7,10H,8-9H2,1-2H3,(H,16,23). The number of carbonyl (C=O) groups excluding carboxylic acids is 1. The highest BCUT2D eigenvalue weighted by Crippen LogP contribution is 2.16. The number of carbonyl (C=O) groups is 1. The van der Waals surface area contributed by atoms with Crippen molar-refractivity contribution in [2.75, 3.05) is 0 Å². The largest absolute Gasteiger partial charge is 0.350 e. The maximum Gasteiger partial charge on any atom is 0.242 e. The lowest BCUT2D eigenvalue weighted by Gasteiger charge is -2.12. The molecule has 0 bridgehead atoms. The molecule has 0 aliphatic rings. The molecular weight excluding hydrogens is 294 g/mol. The quantitative estimate of drug-likeness (QED) is 0.752. The van der Waals surface area contributed by atoms with Gasteiger partial charge in [-0.25, -0.2) is 9.36 Å². The van der Waals surface area contributed by atoms with Crippen molar-refractivity contribution in [2.45, 2.75) is 26.9 Å². The number of hydrogen-bond donors (Lipinski definition) is 1. The molecule has 23 heavy (non-hydrogen) atoms. The third kappa shape index (κ3) is 3.42. The summed E-state index contributed by atoms with van der Waals surface area (Å²) >= 11 is 0. The first kappa shape index (κ1) is 14.9. The first-order valence-electron chi connectivity index (χ1n) is 7.22. The number of tetrazole rings is 1. The fourth-order valence-electron chi connectivity index (χ4n) is 2.39. The van der Waals surface area contributed by atoms with Gasteiger partial charge in [0, 0.05) is 12.2 Å². The van der Waals surface area contributed by atoms with Crippen LogP contribution in [0.2, 0.25) is 0 Å². The van der Waals surface area contributed by atoms with Crippen LogP contribution in [0.5, 0.6) is 0 Å². The van der Waals surface area contributed by atoms with E-state index in [4.69, 9.17) is 0 Å². The number of para-hydroxylation sites is 1. The third-order valence-electron chi connectivity index (χ3n) is 3.40. The molecule has 1 aromatic carbocycles.